The second-order valence-corrected chi connectivity index (χ2v) is 13.9. The van der Waals surface area contributed by atoms with E-state index in [-0.39, 0.29) is 17.6 Å². The molecule has 1 saturated carbocycles. The van der Waals surface area contributed by atoms with Crippen molar-refractivity contribution in [2.24, 2.45) is 29.1 Å². The van der Waals surface area contributed by atoms with Gasteiger partial charge in [-0.3, -0.25) is 24.0 Å². The lowest BCUT2D eigenvalue weighted by atomic mass is 9.72. The Balaban J connectivity index is 2.41. The molecular formula is C37H48O12. The highest BCUT2D eigenvalue weighted by Gasteiger charge is 2.63. The largest absolute Gasteiger partial charge is 0.461 e. The van der Waals surface area contributed by atoms with E-state index >= 15 is 0 Å². The fraction of sp³-hybridized carbons (Fsp3) is 0.568. The summed E-state index contributed by atoms with van der Waals surface area (Å²) in [7, 11) is 0. The van der Waals surface area contributed by atoms with Crippen molar-refractivity contribution in [1.29, 1.82) is 0 Å². The van der Waals surface area contributed by atoms with Crippen molar-refractivity contribution in [3.8, 4) is 0 Å². The summed E-state index contributed by atoms with van der Waals surface area (Å²) >= 11 is 0. The number of rotatable bonds is 7. The Kier molecular flexibility index (Phi) is 12.4. The number of esters is 5. The zero-order valence-corrected chi connectivity index (χ0v) is 29.6. The fourth-order valence-corrected chi connectivity index (χ4v) is 6.61. The van der Waals surface area contributed by atoms with Crippen LogP contribution in [0.5, 0.6) is 0 Å². The number of ether oxygens (including phenoxy) is 5. The molecule has 1 fully saturated rings. The molecule has 1 N–H and O–H groups in total. The van der Waals surface area contributed by atoms with Crippen LogP contribution in [-0.4, -0.2) is 76.9 Å². The maximum absolute atomic E-state index is 14.3. The van der Waals surface area contributed by atoms with Crippen molar-refractivity contribution in [2.45, 2.75) is 105 Å². The number of carbonyl (C=O) groups is 6. The number of fused-ring (bicyclic) bond motifs is 1. The molecule has 1 aromatic carbocycles. The first-order valence-corrected chi connectivity index (χ1v) is 16.3. The van der Waals surface area contributed by atoms with Gasteiger partial charge in [-0.25, -0.2) is 4.79 Å². The molecule has 0 aromatic heterocycles. The average Bonchev–Trinajstić information content (AvgIpc) is 3.27. The van der Waals surface area contributed by atoms with Gasteiger partial charge in [0.2, 0.25) is 0 Å². The van der Waals surface area contributed by atoms with Crippen LogP contribution in [0.2, 0.25) is 0 Å². The lowest BCUT2D eigenvalue weighted by Crippen LogP contribution is -2.58. The Morgan fingerprint density at radius 2 is 1.39 bits per heavy atom. The first-order chi connectivity index (χ1) is 22.7. The molecule has 12 heteroatoms. The van der Waals surface area contributed by atoms with E-state index in [2.05, 4.69) is 6.58 Å². The SMILES string of the molecule is C=C1[C@H](OC(C)=O)[C@@H](OC(=O)c2ccccc2)[C@@H](OC(C)=O)C(C)(C)/C=C/[C@@H](C)C(=O)[C@@]2(O)C[C@H](C)[C@H](OC(=O)C(C)C)[C@@H]2[C@H]1OC(C)=O. The van der Waals surface area contributed by atoms with Gasteiger partial charge in [0.05, 0.1) is 17.4 Å². The van der Waals surface area contributed by atoms with E-state index in [1.165, 1.54) is 18.2 Å². The van der Waals surface area contributed by atoms with Gasteiger partial charge in [0.1, 0.15) is 17.8 Å². The number of aliphatic hydroxyl groups is 1. The van der Waals surface area contributed by atoms with Crippen molar-refractivity contribution in [3.05, 3.63) is 60.2 Å². The molecule has 0 bridgehead atoms. The smallest absolute Gasteiger partial charge is 0.338 e. The molecular weight excluding hydrogens is 636 g/mol. The Bertz CT molecular complexity index is 1480. The quantitative estimate of drug-likeness (QED) is 0.246. The summed E-state index contributed by atoms with van der Waals surface area (Å²) in [5.41, 5.74) is -3.52. The molecule has 0 spiro atoms. The van der Waals surface area contributed by atoms with Gasteiger partial charge in [0, 0.05) is 37.7 Å². The summed E-state index contributed by atoms with van der Waals surface area (Å²) in [4.78, 5) is 79.1. The molecule has 0 saturated heterocycles. The van der Waals surface area contributed by atoms with Gasteiger partial charge in [-0.1, -0.05) is 78.5 Å². The second kappa shape index (κ2) is 15.5. The maximum Gasteiger partial charge on any atom is 0.338 e. The van der Waals surface area contributed by atoms with Crippen LogP contribution in [0.1, 0.15) is 79.1 Å². The van der Waals surface area contributed by atoms with Crippen LogP contribution in [0, 0.1) is 29.1 Å². The van der Waals surface area contributed by atoms with Gasteiger partial charge in [0.25, 0.3) is 0 Å². The fourth-order valence-electron chi connectivity index (χ4n) is 6.61. The number of benzene rings is 1. The first-order valence-electron chi connectivity index (χ1n) is 16.3. The van der Waals surface area contributed by atoms with Crippen LogP contribution in [0.25, 0.3) is 0 Å². The molecule has 0 aliphatic heterocycles. The highest BCUT2D eigenvalue weighted by Crippen LogP contribution is 2.49. The van der Waals surface area contributed by atoms with E-state index in [1.54, 1.807) is 65.8 Å². The topological polar surface area (TPSA) is 169 Å². The minimum atomic E-state index is -2.23. The van der Waals surface area contributed by atoms with E-state index in [9.17, 15) is 33.9 Å². The third-order valence-corrected chi connectivity index (χ3v) is 9.00. The molecule has 49 heavy (non-hydrogen) atoms. The number of carbonyl (C=O) groups excluding carboxylic acids is 6. The van der Waals surface area contributed by atoms with Crippen LogP contribution in [0.4, 0.5) is 0 Å². The van der Waals surface area contributed by atoms with E-state index in [0.717, 1.165) is 20.8 Å². The summed E-state index contributed by atoms with van der Waals surface area (Å²) in [5.74, 6) is -8.18. The molecule has 2 aliphatic carbocycles. The van der Waals surface area contributed by atoms with E-state index in [0.29, 0.717) is 0 Å². The molecule has 3 rings (SSSR count). The zero-order chi connectivity index (χ0) is 37.0. The highest BCUT2D eigenvalue weighted by atomic mass is 16.6. The van der Waals surface area contributed by atoms with Crippen molar-refractivity contribution in [3.63, 3.8) is 0 Å². The minimum absolute atomic E-state index is 0.131. The summed E-state index contributed by atoms with van der Waals surface area (Å²) in [6.45, 7) is 17.3. The van der Waals surface area contributed by atoms with Crippen LogP contribution in [-0.2, 0) is 47.7 Å². The third-order valence-electron chi connectivity index (χ3n) is 9.00. The number of allylic oxidation sites excluding steroid dienone is 1. The van der Waals surface area contributed by atoms with Crippen LogP contribution in [0.15, 0.2) is 54.6 Å². The van der Waals surface area contributed by atoms with Crippen molar-refractivity contribution in [1.82, 2.24) is 0 Å². The van der Waals surface area contributed by atoms with E-state index in [4.69, 9.17) is 23.7 Å². The van der Waals surface area contributed by atoms with Crippen molar-refractivity contribution in [2.75, 3.05) is 0 Å². The summed E-state index contributed by atoms with van der Waals surface area (Å²) in [6.07, 6.45) is -4.52. The molecule has 2 aliphatic rings. The number of hydrogen-bond donors (Lipinski definition) is 1. The van der Waals surface area contributed by atoms with Crippen molar-refractivity contribution >= 4 is 35.6 Å². The normalized spacial score (nSPS) is 32.1. The molecule has 1 aromatic rings. The Labute approximate surface area is 287 Å². The molecule has 9 atom stereocenters. The molecule has 0 amide bonds. The Morgan fingerprint density at radius 1 is 0.837 bits per heavy atom. The van der Waals surface area contributed by atoms with Crippen LogP contribution < -0.4 is 0 Å². The van der Waals surface area contributed by atoms with Gasteiger partial charge >= 0.3 is 29.8 Å². The second-order valence-electron chi connectivity index (χ2n) is 13.9. The average molecular weight is 685 g/mol. The summed E-state index contributed by atoms with van der Waals surface area (Å²) in [6, 6.07) is 7.94. The first kappa shape index (κ1) is 39.1. The molecule has 268 valence electrons. The minimum Gasteiger partial charge on any atom is -0.461 e. The molecule has 0 heterocycles. The Morgan fingerprint density at radius 3 is 1.92 bits per heavy atom. The van der Waals surface area contributed by atoms with Gasteiger partial charge in [-0.05, 0) is 24.5 Å². The number of ketones is 1. The van der Waals surface area contributed by atoms with E-state index in [1.807, 2.05) is 0 Å². The van der Waals surface area contributed by atoms with Gasteiger partial charge in [0.15, 0.2) is 24.1 Å². The highest BCUT2D eigenvalue weighted by molar-refractivity contribution is 5.92. The standard InChI is InChI=1S/C37H48O12/c1-19(2)34(42)48-28-21(4)18-37(44)27(28)29(45-23(6)38)22(5)30(46-24(7)39)31(49-35(43)26-14-12-11-13-15-26)33(47-25(8)40)36(9,10)17-16-20(3)32(37)41/h11-17,19-21,27-31,33,44H,5,18H2,1-4,6-10H3/b17-16+/t20-,21+,27-,28+,29+,30+,31-,33-,37-/m1/s1. The monoisotopic (exact) mass is 684 g/mol. The van der Waals surface area contributed by atoms with Gasteiger partial charge < -0.3 is 28.8 Å². The van der Waals surface area contributed by atoms with Crippen LogP contribution >= 0.6 is 0 Å². The van der Waals surface area contributed by atoms with E-state index < -0.39 is 101 Å². The Hall–Kier alpha value is -4.32. The molecule has 0 radical (unpaired) electrons. The summed E-state index contributed by atoms with van der Waals surface area (Å²) in [5, 5.41) is 12.4. The molecule has 0 unspecified atom stereocenters. The van der Waals surface area contributed by atoms with Gasteiger partial charge in [-0.2, -0.15) is 0 Å². The number of hydrogen-bond acceptors (Lipinski definition) is 12. The third kappa shape index (κ3) is 8.83. The zero-order valence-electron chi connectivity index (χ0n) is 29.6. The van der Waals surface area contributed by atoms with Crippen LogP contribution in [0.3, 0.4) is 0 Å². The lowest BCUT2D eigenvalue weighted by Gasteiger charge is -2.44. The predicted molar refractivity (Wildman–Crippen MR) is 175 cm³/mol. The lowest BCUT2D eigenvalue weighted by molar-refractivity contribution is -0.181. The summed E-state index contributed by atoms with van der Waals surface area (Å²) < 4.78 is 29.4. The maximum atomic E-state index is 14.3. The predicted octanol–water partition coefficient (Wildman–Crippen LogP) is 4.32. The van der Waals surface area contributed by atoms with Crippen molar-refractivity contribution < 1.29 is 57.6 Å². The molecule has 12 nitrogen and oxygen atoms in total. The number of Topliss-reactive ketones (excluding diaryl/α,β-unsaturated/α-hetero) is 1. The van der Waals surface area contributed by atoms with Gasteiger partial charge in [-0.15, -0.1) is 0 Å².